The number of hydrogen-bond acceptors (Lipinski definition) is 5. The number of alkyl carbamates (subject to hydrolysis) is 1. The smallest absolute Gasteiger partial charge is 0.407 e. The van der Waals surface area contributed by atoms with Gasteiger partial charge in [-0.05, 0) is 42.0 Å². The van der Waals surface area contributed by atoms with Crippen LogP contribution in [0, 0.1) is 5.92 Å². The summed E-state index contributed by atoms with van der Waals surface area (Å²) in [7, 11) is 0. The third-order valence-corrected chi connectivity index (χ3v) is 6.93. The summed E-state index contributed by atoms with van der Waals surface area (Å²) in [6.45, 7) is 1.39. The van der Waals surface area contributed by atoms with E-state index in [9.17, 15) is 19.5 Å². The average molecular weight is 481 g/mol. The third kappa shape index (κ3) is 5.82. The van der Waals surface area contributed by atoms with Crippen LogP contribution in [0.2, 0.25) is 0 Å². The standard InChI is InChI=1S/C27H32N2O6/c1-27(34,14-24(30)31)16-28-25(32)21-12-6-7-13-23(21)29-26(33)35-15-22-19-10-4-2-8-17(19)18-9-3-5-11-20(18)22/h2-5,8-11,21-23,34H,6-7,12-16H2,1H3,(H,28,32)(H,29,33)(H,30,31). The van der Waals surface area contributed by atoms with Crippen molar-refractivity contribution in [3.63, 3.8) is 0 Å². The van der Waals surface area contributed by atoms with Crippen molar-refractivity contribution < 1.29 is 29.3 Å². The fraction of sp³-hybridized carbons (Fsp3) is 0.444. The Labute approximate surface area is 204 Å². The van der Waals surface area contributed by atoms with Gasteiger partial charge in [-0.15, -0.1) is 0 Å². The largest absolute Gasteiger partial charge is 0.481 e. The minimum atomic E-state index is -1.55. The van der Waals surface area contributed by atoms with Crippen molar-refractivity contribution in [2.45, 2.75) is 56.6 Å². The Kier molecular flexibility index (Phi) is 7.40. The number of carbonyl (C=O) groups excluding carboxylic acids is 2. The predicted octanol–water partition coefficient (Wildman–Crippen LogP) is 3.43. The maximum Gasteiger partial charge on any atom is 0.407 e. The summed E-state index contributed by atoms with van der Waals surface area (Å²) >= 11 is 0. The van der Waals surface area contributed by atoms with Crippen LogP contribution in [0.5, 0.6) is 0 Å². The first-order chi connectivity index (χ1) is 16.7. The third-order valence-electron chi connectivity index (χ3n) is 6.93. The van der Waals surface area contributed by atoms with Gasteiger partial charge in [-0.2, -0.15) is 0 Å². The Morgan fingerprint density at radius 3 is 2.23 bits per heavy atom. The quantitative estimate of drug-likeness (QED) is 0.459. The zero-order valence-corrected chi connectivity index (χ0v) is 19.8. The second-order valence-corrected chi connectivity index (χ2v) is 9.75. The molecule has 186 valence electrons. The molecule has 0 spiro atoms. The molecule has 2 amide bonds. The Morgan fingerprint density at radius 1 is 1.00 bits per heavy atom. The van der Waals surface area contributed by atoms with E-state index in [0.29, 0.717) is 12.8 Å². The van der Waals surface area contributed by atoms with Gasteiger partial charge in [0.25, 0.3) is 0 Å². The molecule has 0 saturated heterocycles. The zero-order valence-electron chi connectivity index (χ0n) is 19.8. The minimum Gasteiger partial charge on any atom is -0.481 e. The first kappa shape index (κ1) is 24.7. The van der Waals surface area contributed by atoms with E-state index in [1.54, 1.807) is 0 Å². The first-order valence-corrected chi connectivity index (χ1v) is 12.1. The molecule has 0 radical (unpaired) electrons. The maximum absolute atomic E-state index is 12.8. The van der Waals surface area contributed by atoms with Crippen LogP contribution in [0.3, 0.4) is 0 Å². The lowest BCUT2D eigenvalue weighted by molar-refractivity contribution is -0.142. The highest BCUT2D eigenvalue weighted by Crippen LogP contribution is 2.44. The van der Waals surface area contributed by atoms with Crippen molar-refractivity contribution in [3.05, 3.63) is 59.7 Å². The molecule has 35 heavy (non-hydrogen) atoms. The molecule has 1 fully saturated rings. The Bertz CT molecular complexity index is 1050. The van der Waals surface area contributed by atoms with Gasteiger partial charge in [0.05, 0.1) is 17.9 Å². The molecule has 3 atom stereocenters. The predicted molar refractivity (Wildman–Crippen MR) is 130 cm³/mol. The SMILES string of the molecule is CC(O)(CNC(=O)C1CCCCC1NC(=O)OCC1c2ccccc2-c2ccccc21)CC(=O)O. The summed E-state index contributed by atoms with van der Waals surface area (Å²) in [5.74, 6) is -1.96. The van der Waals surface area contributed by atoms with Gasteiger partial charge in [0.2, 0.25) is 5.91 Å². The van der Waals surface area contributed by atoms with Gasteiger partial charge in [-0.1, -0.05) is 61.4 Å². The van der Waals surface area contributed by atoms with Crippen LogP contribution >= 0.6 is 0 Å². The molecule has 0 aromatic heterocycles. The number of aliphatic carboxylic acids is 1. The van der Waals surface area contributed by atoms with E-state index in [2.05, 4.69) is 34.9 Å². The second kappa shape index (κ2) is 10.5. The van der Waals surface area contributed by atoms with E-state index in [0.717, 1.165) is 35.1 Å². The van der Waals surface area contributed by atoms with Crippen LogP contribution in [0.25, 0.3) is 11.1 Å². The van der Waals surface area contributed by atoms with Gasteiger partial charge in [0, 0.05) is 18.5 Å². The number of rotatable bonds is 8. The van der Waals surface area contributed by atoms with Gasteiger partial charge in [-0.3, -0.25) is 9.59 Å². The summed E-state index contributed by atoms with van der Waals surface area (Å²) in [5.41, 5.74) is 3.01. The Balaban J connectivity index is 1.35. The number of nitrogens with one attached hydrogen (secondary N) is 2. The molecule has 2 aliphatic rings. The summed E-state index contributed by atoms with van der Waals surface area (Å²) < 4.78 is 5.64. The lowest BCUT2D eigenvalue weighted by atomic mass is 9.83. The monoisotopic (exact) mass is 480 g/mol. The minimum absolute atomic E-state index is 0.0462. The number of amides is 2. The molecule has 2 aromatic rings. The fourth-order valence-electron chi connectivity index (χ4n) is 5.21. The summed E-state index contributed by atoms with van der Waals surface area (Å²) in [4.78, 5) is 36.4. The fourth-order valence-corrected chi connectivity index (χ4v) is 5.21. The number of ether oxygens (including phenoxy) is 1. The van der Waals surface area contributed by atoms with Gasteiger partial charge < -0.3 is 25.6 Å². The lowest BCUT2D eigenvalue weighted by Gasteiger charge is -2.32. The molecule has 4 N–H and O–H groups in total. The van der Waals surface area contributed by atoms with Crippen LogP contribution < -0.4 is 10.6 Å². The van der Waals surface area contributed by atoms with Crippen molar-refractivity contribution >= 4 is 18.0 Å². The lowest BCUT2D eigenvalue weighted by Crippen LogP contribution is -2.51. The molecular formula is C27H32N2O6. The maximum atomic E-state index is 12.8. The molecule has 4 rings (SSSR count). The van der Waals surface area contributed by atoms with Gasteiger partial charge in [-0.25, -0.2) is 4.79 Å². The van der Waals surface area contributed by atoms with Crippen molar-refractivity contribution in [1.82, 2.24) is 10.6 Å². The number of fused-ring (bicyclic) bond motifs is 3. The van der Waals surface area contributed by atoms with Gasteiger partial charge in [0.15, 0.2) is 0 Å². The van der Waals surface area contributed by atoms with Crippen LogP contribution in [-0.2, 0) is 14.3 Å². The Morgan fingerprint density at radius 2 is 1.60 bits per heavy atom. The van der Waals surface area contributed by atoms with E-state index in [-0.39, 0.29) is 31.0 Å². The highest BCUT2D eigenvalue weighted by Gasteiger charge is 2.35. The molecule has 0 bridgehead atoms. The first-order valence-electron chi connectivity index (χ1n) is 12.1. The normalized spacial score (nSPS) is 20.7. The molecule has 1 saturated carbocycles. The summed E-state index contributed by atoms with van der Waals surface area (Å²) in [6.07, 6.45) is 1.95. The number of hydrogen-bond donors (Lipinski definition) is 4. The molecule has 8 nitrogen and oxygen atoms in total. The number of carbonyl (C=O) groups is 3. The van der Waals surface area contributed by atoms with E-state index in [1.807, 2.05) is 24.3 Å². The van der Waals surface area contributed by atoms with E-state index in [1.165, 1.54) is 6.92 Å². The highest BCUT2D eigenvalue weighted by atomic mass is 16.5. The number of carboxylic acid groups (broad SMARTS) is 1. The van der Waals surface area contributed by atoms with Gasteiger partial charge in [0.1, 0.15) is 6.61 Å². The van der Waals surface area contributed by atoms with Crippen LogP contribution in [0.4, 0.5) is 4.79 Å². The van der Waals surface area contributed by atoms with Crippen molar-refractivity contribution in [1.29, 1.82) is 0 Å². The molecule has 0 aliphatic heterocycles. The summed E-state index contributed by atoms with van der Waals surface area (Å²) in [6, 6.07) is 15.9. The van der Waals surface area contributed by atoms with Crippen molar-refractivity contribution in [3.8, 4) is 11.1 Å². The number of carboxylic acids is 1. The number of aliphatic hydroxyl groups is 1. The molecular weight excluding hydrogens is 448 g/mol. The summed E-state index contributed by atoms with van der Waals surface area (Å²) in [5, 5.41) is 24.6. The molecule has 2 aliphatic carbocycles. The van der Waals surface area contributed by atoms with E-state index < -0.39 is 30.0 Å². The van der Waals surface area contributed by atoms with Gasteiger partial charge >= 0.3 is 12.1 Å². The molecule has 3 unspecified atom stereocenters. The second-order valence-electron chi connectivity index (χ2n) is 9.75. The van der Waals surface area contributed by atoms with Crippen LogP contribution in [-0.4, -0.2) is 53.0 Å². The Hall–Kier alpha value is -3.39. The van der Waals surface area contributed by atoms with Crippen molar-refractivity contribution in [2.24, 2.45) is 5.92 Å². The van der Waals surface area contributed by atoms with E-state index in [4.69, 9.17) is 9.84 Å². The molecule has 8 heteroatoms. The van der Waals surface area contributed by atoms with Crippen LogP contribution in [0.1, 0.15) is 56.1 Å². The van der Waals surface area contributed by atoms with E-state index >= 15 is 0 Å². The molecule has 0 heterocycles. The average Bonchev–Trinajstić information content (AvgIpc) is 3.14. The topological polar surface area (TPSA) is 125 Å². The molecule has 2 aromatic carbocycles. The zero-order chi connectivity index (χ0) is 25.0. The highest BCUT2D eigenvalue weighted by molar-refractivity contribution is 5.81. The van der Waals surface area contributed by atoms with Crippen LogP contribution in [0.15, 0.2) is 48.5 Å². The number of benzene rings is 2. The van der Waals surface area contributed by atoms with Crippen molar-refractivity contribution in [2.75, 3.05) is 13.2 Å².